The standard InChI is InChI=1S/C45H42ClF2N4O7P/c1-44(2,3)58-60(55,59-45(4,5)6)56-28-52-26-34(29-17-19-32(47)20-18-29)41(53)35(27-52)43(54)50-33-21-22-37(36(48)25-33)57-38-23-24-49-42(39(38)46)51-40(30-13-9-7-10-14-30)31-15-11-8-12-16-31/h7-27H,28H2,1-6H3,(H,50,54). The summed E-state index contributed by atoms with van der Waals surface area (Å²) in [6.45, 7) is 9.60. The van der Waals surface area contributed by atoms with Crippen LogP contribution in [0.5, 0.6) is 11.5 Å². The Morgan fingerprint density at radius 3 is 1.98 bits per heavy atom. The van der Waals surface area contributed by atoms with Gasteiger partial charge >= 0.3 is 7.82 Å². The number of hydrogen-bond donors (Lipinski definition) is 1. The van der Waals surface area contributed by atoms with Gasteiger partial charge in [0.2, 0.25) is 5.43 Å². The van der Waals surface area contributed by atoms with Crippen LogP contribution in [0.4, 0.5) is 20.3 Å². The second-order valence-electron chi connectivity index (χ2n) is 15.4. The van der Waals surface area contributed by atoms with E-state index in [0.29, 0.717) is 5.71 Å². The number of carbonyl (C=O) groups excluding carboxylic acids is 1. The van der Waals surface area contributed by atoms with E-state index in [9.17, 15) is 18.5 Å². The summed E-state index contributed by atoms with van der Waals surface area (Å²) in [6, 6.07) is 29.2. The van der Waals surface area contributed by atoms with Crippen molar-refractivity contribution >= 4 is 42.5 Å². The van der Waals surface area contributed by atoms with Gasteiger partial charge in [-0.25, -0.2) is 23.3 Å². The number of pyridine rings is 2. The van der Waals surface area contributed by atoms with E-state index in [4.69, 9.17) is 34.9 Å². The summed E-state index contributed by atoms with van der Waals surface area (Å²) in [7, 11) is -4.22. The van der Waals surface area contributed by atoms with E-state index in [1.54, 1.807) is 41.5 Å². The van der Waals surface area contributed by atoms with Gasteiger partial charge in [0.25, 0.3) is 5.91 Å². The Balaban J connectivity index is 1.26. The van der Waals surface area contributed by atoms with Gasteiger partial charge in [0.1, 0.15) is 23.1 Å². The number of benzene rings is 4. The first-order chi connectivity index (χ1) is 28.4. The summed E-state index contributed by atoms with van der Waals surface area (Å²) < 4.78 is 67.6. The fourth-order valence-corrected chi connectivity index (χ4v) is 7.68. The molecule has 0 aliphatic heterocycles. The van der Waals surface area contributed by atoms with Crippen molar-refractivity contribution in [1.29, 1.82) is 0 Å². The van der Waals surface area contributed by atoms with Crippen LogP contribution in [0.3, 0.4) is 0 Å². The zero-order valence-electron chi connectivity index (χ0n) is 33.6. The molecule has 6 rings (SSSR count). The van der Waals surface area contributed by atoms with Gasteiger partial charge in [0, 0.05) is 53.1 Å². The lowest BCUT2D eigenvalue weighted by atomic mass is 10.0. The normalized spacial score (nSPS) is 11.9. The van der Waals surface area contributed by atoms with E-state index < -0.39 is 48.7 Å². The number of aliphatic imine (C=N–C) groups is 1. The zero-order chi connectivity index (χ0) is 43.2. The van der Waals surface area contributed by atoms with Gasteiger partial charge in [0.05, 0.1) is 16.9 Å². The van der Waals surface area contributed by atoms with E-state index in [0.717, 1.165) is 29.3 Å². The van der Waals surface area contributed by atoms with Crippen LogP contribution in [0.1, 0.15) is 63.0 Å². The molecule has 0 fully saturated rings. The first-order valence-electron chi connectivity index (χ1n) is 18.7. The van der Waals surface area contributed by atoms with Gasteiger partial charge in [-0.2, -0.15) is 0 Å². The first-order valence-corrected chi connectivity index (χ1v) is 20.5. The Hall–Kier alpha value is -5.82. The molecule has 0 aliphatic carbocycles. The molecule has 4 aromatic carbocycles. The Kier molecular flexibility index (Phi) is 13.3. The minimum atomic E-state index is -4.22. The second kappa shape index (κ2) is 18.2. The van der Waals surface area contributed by atoms with Crippen molar-refractivity contribution in [3.63, 3.8) is 0 Å². The summed E-state index contributed by atoms with van der Waals surface area (Å²) in [6.07, 6.45) is 3.98. The van der Waals surface area contributed by atoms with E-state index in [2.05, 4.69) is 10.3 Å². The van der Waals surface area contributed by atoms with Crippen LogP contribution in [-0.2, 0) is 24.9 Å². The van der Waals surface area contributed by atoms with Gasteiger partial charge < -0.3 is 14.6 Å². The molecule has 0 radical (unpaired) electrons. The second-order valence-corrected chi connectivity index (χ2v) is 17.3. The van der Waals surface area contributed by atoms with E-state index >= 15 is 4.39 Å². The van der Waals surface area contributed by atoms with E-state index in [-0.39, 0.29) is 44.7 Å². The molecule has 2 heterocycles. The minimum absolute atomic E-state index is 0.00193. The lowest BCUT2D eigenvalue weighted by Gasteiger charge is -2.31. The molecule has 2 aromatic heterocycles. The molecule has 0 unspecified atom stereocenters. The minimum Gasteiger partial charge on any atom is -0.453 e. The van der Waals surface area contributed by atoms with Gasteiger partial charge in [-0.15, -0.1) is 0 Å². The highest BCUT2D eigenvalue weighted by molar-refractivity contribution is 7.48. The monoisotopic (exact) mass is 854 g/mol. The number of nitrogens with one attached hydrogen (secondary N) is 1. The smallest absolute Gasteiger partial charge is 0.453 e. The van der Waals surface area contributed by atoms with Crippen LogP contribution in [0.25, 0.3) is 11.1 Å². The number of halogens is 3. The summed E-state index contributed by atoms with van der Waals surface area (Å²) in [5.74, 6) is -2.30. The van der Waals surface area contributed by atoms with Crippen molar-refractivity contribution in [3.05, 3.63) is 171 Å². The number of amides is 1. The Morgan fingerprint density at radius 2 is 1.42 bits per heavy atom. The molecular formula is C45H42ClF2N4O7P. The largest absolute Gasteiger partial charge is 0.477 e. The summed E-state index contributed by atoms with van der Waals surface area (Å²) in [4.78, 5) is 36.6. The molecule has 1 N–H and O–H groups in total. The van der Waals surface area contributed by atoms with Gasteiger partial charge in [-0.05, 0) is 71.4 Å². The van der Waals surface area contributed by atoms with Crippen molar-refractivity contribution in [2.45, 2.75) is 59.5 Å². The van der Waals surface area contributed by atoms with E-state index in [1.165, 1.54) is 53.5 Å². The molecule has 310 valence electrons. The lowest BCUT2D eigenvalue weighted by molar-refractivity contribution is -0.00619. The van der Waals surface area contributed by atoms with Crippen molar-refractivity contribution in [2.24, 2.45) is 4.99 Å². The van der Waals surface area contributed by atoms with Crippen LogP contribution in [0, 0.1) is 11.6 Å². The topological polar surface area (TPSA) is 130 Å². The molecule has 0 saturated heterocycles. The number of nitrogens with zero attached hydrogens (tertiary/aromatic N) is 3. The number of ether oxygens (including phenoxy) is 1. The lowest BCUT2D eigenvalue weighted by Crippen LogP contribution is -2.26. The quantitative estimate of drug-likeness (QED) is 0.0897. The highest BCUT2D eigenvalue weighted by Crippen LogP contribution is 2.55. The highest BCUT2D eigenvalue weighted by atomic mass is 35.5. The fourth-order valence-electron chi connectivity index (χ4n) is 5.73. The predicted octanol–water partition coefficient (Wildman–Crippen LogP) is 11.8. The highest BCUT2D eigenvalue weighted by Gasteiger charge is 2.37. The van der Waals surface area contributed by atoms with Gasteiger partial charge in [0.15, 0.2) is 23.1 Å². The molecule has 15 heteroatoms. The summed E-state index contributed by atoms with van der Waals surface area (Å²) >= 11 is 6.73. The number of carbonyl (C=O) groups is 1. The maximum Gasteiger partial charge on any atom is 0.477 e. The van der Waals surface area contributed by atoms with Gasteiger partial charge in [-0.3, -0.25) is 23.2 Å². The number of phosphoric ester groups is 1. The third-order valence-corrected chi connectivity index (χ3v) is 10.5. The number of anilines is 1. The molecule has 1 amide bonds. The van der Waals surface area contributed by atoms with Crippen molar-refractivity contribution in [3.8, 4) is 22.6 Å². The molecule has 0 bridgehead atoms. The molecule has 0 aliphatic rings. The maximum absolute atomic E-state index is 15.7. The Labute approximate surface area is 351 Å². The Bertz CT molecular complexity index is 2570. The number of hydrogen-bond acceptors (Lipinski definition) is 9. The van der Waals surface area contributed by atoms with Crippen molar-refractivity contribution in [2.75, 3.05) is 5.32 Å². The van der Waals surface area contributed by atoms with Crippen molar-refractivity contribution in [1.82, 2.24) is 9.55 Å². The zero-order valence-corrected chi connectivity index (χ0v) is 35.3. The molecule has 60 heavy (non-hydrogen) atoms. The van der Waals surface area contributed by atoms with Gasteiger partial charge in [-0.1, -0.05) is 84.4 Å². The van der Waals surface area contributed by atoms with Crippen LogP contribution in [0.15, 0.2) is 138 Å². The predicted molar refractivity (Wildman–Crippen MR) is 228 cm³/mol. The molecular weight excluding hydrogens is 813 g/mol. The van der Waals surface area contributed by atoms with Crippen LogP contribution in [0.2, 0.25) is 5.02 Å². The number of rotatable bonds is 13. The van der Waals surface area contributed by atoms with Crippen LogP contribution >= 0.6 is 19.4 Å². The Morgan fingerprint density at radius 1 is 0.817 bits per heavy atom. The van der Waals surface area contributed by atoms with Crippen molar-refractivity contribution < 1.29 is 36.4 Å². The molecule has 0 spiro atoms. The molecule has 0 saturated carbocycles. The number of phosphoric acid groups is 1. The van der Waals surface area contributed by atoms with Crippen LogP contribution < -0.4 is 15.5 Å². The summed E-state index contributed by atoms with van der Waals surface area (Å²) in [5, 5.41) is 2.58. The fraction of sp³-hybridized carbons (Fsp3) is 0.200. The van der Waals surface area contributed by atoms with Crippen LogP contribution in [-0.4, -0.2) is 32.4 Å². The third-order valence-electron chi connectivity index (χ3n) is 8.17. The average molecular weight is 855 g/mol. The number of aromatic nitrogens is 2. The first kappa shape index (κ1) is 43.8. The summed E-state index contributed by atoms with van der Waals surface area (Å²) in [5.41, 5.74) is -0.414. The maximum atomic E-state index is 15.7. The third kappa shape index (κ3) is 11.5. The average Bonchev–Trinajstić information content (AvgIpc) is 3.18. The SMILES string of the molecule is CC(C)(C)OP(=O)(OCn1cc(C(=O)Nc2ccc(Oc3ccnc(N=C(c4ccccc4)c4ccccc4)c3Cl)c(F)c2)c(=O)c(-c2ccc(F)cc2)c1)OC(C)(C)C. The molecule has 0 atom stereocenters. The van der Waals surface area contributed by atoms with E-state index in [1.807, 2.05) is 60.7 Å². The molecule has 6 aromatic rings. The molecule has 11 nitrogen and oxygen atoms in total.